The van der Waals surface area contributed by atoms with Crippen LogP contribution in [0.5, 0.6) is 0 Å². The van der Waals surface area contributed by atoms with E-state index >= 15 is 0 Å². The van der Waals surface area contributed by atoms with Gasteiger partial charge in [-0.05, 0) is 28.9 Å². The van der Waals surface area contributed by atoms with E-state index in [1.807, 2.05) is 18.9 Å². The van der Waals surface area contributed by atoms with Crippen LogP contribution in [0, 0.1) is 0 Å². The van der Waals surface area contributed by atoms with E-state index < -0.39 is 0 Å². The average molecular weight is 357 g/mol. The fourth-order valence-electron chi connectivity index (χ4n) is 1.71. The molecule has 2 heterocycles. The number of ether oxygens (including phenoxy) is 1. The molecule has 0 unspecified atom stereocenters. The largest absolute Gasteiger partial charge is 0.384 e. The molecule has 0 aliphatic heterocycles. The minimum atomic E-state index is 0.382. The van der Waals surface area contributed by atoms with Gasteiger partial charge in [0.15, 0.2) is 5.82 Å². The van der Waals surface area contributed by atoms with Gasteiger partial charge in [-0.25, -0.2) is 9.97 Å². The SMILES string of the molecule is CCOCc1nc(N)cc(N(C)Cc2cc(Br)cs2)n1. The summed E-state index contributed by atoms with van der Waals surface area (Å²) in [7, 11) is 1.99. The average Bonchev–Trinajstić information content (AvgIpc) is 2.81. The highest BCUT2D eigenvalue weighted by Crippen LogP contribution is 2.23. The van der Waals surface area contributed by atoms with Crippen molar-refractivity contribution in [3.05, 3.63) is 32.7 Å². The highest BCUT2D eigenvalue weighted by atomic mass is 79.9. The van der Waals surface area contributed by atoms with Crippen LogP contribution in [-0.2, 0) is 17.9 Å². The zero-order chi connectivity index (χ0) is 14.5. The molecule has 0 radical (unpaired) electrons. The molecular weight excluding hydrogens is 340 g/mol. The molecule has 0 fully saturated rings. The lowest BCUT2D eigenvalue weighted by Gasteiger charge is -2.18. The number of nitrogen functional groups attached to an aromatic ring is 1. The van der Waals surface area contributed by atoms with E-state index in [4.69, 9.17) is 10.5 Å². The molecule has 7 heteroatoms. The highest BCUT2D eigenvalue weighted by molar-refractivity contribution is 9.10. The van der Waals surface area contributed by atoms with E-state index in [1.54, 1.807) is 17.4 Å². The second-order valence-electron chi connectivity index (χ2n) is 4.29. The van der Waals surface area contributed by atoms with Crippen LogP contribution in [0.1, 0.15) is 17.6 Å². The number of nitrogens with zero attached hydrogens (tertiary/aromatic N) is 3. The Morgan fingerprint density at radius 2 is 2.20 bits per heavy atom. The lowest BCUT2D eigenvalue weighted by atomic mass is 10.4. The van der Waals surface area contributed by atoms with Crippen LogP contribution in [0.15, 0.2) is 22.0 Å². The van der Waals surface area contributed by atoms with Crippen LogP contribution in [0.3, 0.4) is 0 Å². The molecule has 5 nitrogen and oxygen atoms in total. The van der Waals surface area contributed by atoms with Crippen molar-refractivity contribution in [2.45, 2.75) is 20.1 Å². The number of rotatable bonds is 6. The molecule has 2 rings (SSSR count). The number of thiophene rings is 1. The van der Waals surface area contributed by atoms with E-state index in [0.29, 0.717) is 24.9 Å². The minimum Gasteiger partial charge on any atom is -0.384 e. The van der Waals surface area contributed by atoms with E-state index in [-0.39, 0.29) is 0 Å². The molecular formula is C13H17BrN4OS. The Hall–Kier alpha value is -1.18. The van der Waals surface area contributed by atoms with Gasteiger partial charge in [-0.3, -0.25) is 0 Å². The van der Waals surface area contributed by atoms with Gasteiger partial charge in [0.2, 0.25) is 0 Å². The fourth-order valence-corrected chi connectivity index (χ4v) is 3.21. The van der Waals surface area contributed by atoms with Crippen molar-refractivity contribution in [1.82, 2.24) is 9.97 Å². The summed E-state index contributed by atoms with van der Waals surface area (Å²) in [5, 5.41) is 2.07. The Labute approximate surface area is 130 Å². The first-order valence-electron chi connectivity index (χ1n) is 6.23. The Kier molecular flexibility index (Phi) is 5.33. The normalized spacial score (nSPS) is 10.8. The standard InChI is InChI=1S/C13H17BrN4OS/c1-3-19-7-12-16-11(15)5-13(17-12)18(2)6-10-4-9(14)8-20-10/h4-5,8H,3,6-7H2,1-2H3,(H2,15,16,17). The van der Waals surface area contributed by atoms with E-state index in [0.717, 1.165) is 16.8 Å². The number of nitrogens with two attached hydrogens (primary N) is 1. The topological polar surface area (TPSA) is 64.3 Å². The molecule has 2 aromatic heterocycles. The molecule has 108 valence electrons. The summed E-state index contributed by atoms with van der Waals surface area (Å²) in [5.74, 6) is 1.88. The van der Waals surface area contributed by atoms with E-state index in [2.05, 4.69) is 37.3 Å². The van der Waals surface area contributed by atoms with Crippen LogP contribution in [0.4, 0.5) is 11.6 Å². The molecule has 0 saturated heterocycles. The zero-order valence-electron chi connectivity index (χ0n) is 11.5. The van der Waals surface area contributed by atoms with Gasteiger partial charge < -0.3 is 15.4 Å². The summed E-state index contributed by atoms with van der Waals surface area (Å²) in [6.45, 7) is 3.73. The van der Waals surface area contributed by atoms with Crippen molar-refractivity contribution in [2.75, 3.05) is 24.3 Å². The van der Waals surface area contributed by atoms with Crippen molar-refractivity contribution in [3.8, 4) is 0 Å². The lowest BCUT2D eigenvalue weighted by Crippen LogP contribution is -2.18. The second-order valence-corrected chi connectivity index (χ2v) is 6.20. The van der Waals surface area contributed by atoms with Crippen LogP contribution < -0.4 is 10.6 Å². The van der Waals surface area contributed by atoms with Crippen molar-refractivity contribution in [1.29, 1.82) is 0 Å². The molecule has 2 N–H and O–H groups in total. The molecule has 0 aromatic carbocycles. The molecule has 20 heavy (non-hydrogen) atoms. The number of aromatic nitrogens is 2. The maximum Gasteiger partial charge on any atom is 0.158 e. The molecule has 0 aliphatic rings. The minimum absolute atomic E-state index is 0.382. The van der Waals surface area contributed by atoms with Crippen molar-refractivity contribution in [3.63, 3.8) is 0 Å². The molecule has 0 aliphatic carbocycles. The van der Waals surface area contributed by atoms with Gasteiger partial charge in [-0.1, -0.05) is 0 Å². The van der Waals surface area contributed by atoms with E-state index in [9.17, 15) is 0 Å². The molecule has 0 atom stereocenters. The summed E-state index contributed by atoms with van der Waals surface area (Å²) in [5.41, 5.74) is 5.83. The van der Waals surface area contributed by atoms with Gasteiger partial charge in [-0.2, -0.15) is 0 Å². The van der Waals surface area contributed by atoms with Crippen LogP contribution >= 0.6 is 27.3 Å². The molecule has 0 amide bonds. The summed E-state index contributed by atoms with van der Waals surface area (Å²) in [6, 6.07) is 3.88. The zero-order valence-corrected chi connectivity index (χ0v) is 13.9. The van der Waals surface area contributed by atoms with Crippen LogP contribution in [-0.4, -0.2) is 23.6 Å². The van der Waals surface area contributed by atoms with Gasteiger partial charge in [0.25, 0.3) is 0 Å². The van der Waals surface area contributed by atoms with Crippen LogP contribution in [0.2, 0.25) is 0 Å². The lowest BCUT2D eigenvalue weighted by molar-refractivity contribution is 0.128. The summed E-state index contributed by atoms with van der Waals surface area (Å²) in [4.78, 5) is 12.0. The Morgan fingerprint density at radius 1 is 1.40 bits per heavy atom. The highest BCUT2D eigenvalue weighted by Gasteiger charge is 2.09. The van der Waals surface area contributed by atoms with Crippen molar-refractivity contribution in [2.24, 2.45) is 0 Å². The van der Waals surface area contributed by atoms with Gasteiger partial charge >= 0.3 is 0 Å². The quantitative estimate of drug-likeness (QED) is 0.861. The van der Waals surface area contributed by atoms with Crippen LogP contribution in [0.25, 0.3) is 0 Å². The first-order chi connectivity index (χ1) is 9.58. The van der Waals surface area contributed by atoms with Gasteiger partial charge in [0, 0.05) is 34.5 Å². The predicted molar refractivity (Wildman–Crippen MR) is 85.9 cm³/mol. The summed E-state index contributed by atoms with van der Waals surface area (Å²) in [6.07, 6.45) is 0. The second kappa shape index (κ2) is 7.01. The maximum atomic E-state index is 5.83. The molecule has 0 spiro atoms. The number of anilines is 2. The number of hydrogen-bond donors (Lipinski definition) is 1. The third-order valence-electron chi connectivity index (χ3n) is 2.62. The summed E-state index contributed by atoms with van der Waals surface area (Å²) >= 11 is 5.17. The van der Waals surface area contributed by atoms with E-state index in [1.165, 1.54) is 4.88 Å². The fraction of sp³-hybridized carbons (Fsp3) is 0.385. The number of halogens is 1. The molecule has 0 bridgehead atoms. The van der Waals surface area contributed by atoms with Gasteiger partial charge in [0.05, 0.1) is 6.54 Å². The summed E-state index contributed by atoms with van der Waals surface area (Å²) < 4.78 is 6.43. The maximum absolute atomic E-state index is 5.83. The third-order valence-corrected chi connectivity index (χ3v) is 4.30. The number of hydrogen-bond acceptors (Lipinski definition) is 6. The smallest absolute Gasteiger partial charge is 0.158 e. The van der Waals surface area contributed by atoms with Gasteiger partial charge in [0.1, 0.15) is 18.2 Å². The first-order valence-corrected chi connectivity index (χ1v) is 7.91. The van der Waals surface area contributed by atoms with Crippen molar-refractivity contribution >= 4 is 38.9 Å². The molecule has 0 saturated carbocycles. The Morgan fingerprint density at radius 3 is 2.85 bits per heavy atom. The Bertz CT molecular complexity index is 575. The van der Waals surface area contributed by atoms with Crippen molar-refractivity contribution < 1.29 is 4.74 Å². The van der Waals surface area contributed by atoms with Gasteiger partial charge in [-0.15, -0.1) is 11.3 Å². The third kappa shape index (κ3) is 4.16. The monoisotopic (exact) mass is 356 g/mol. The Balaban J connectivity index is 2.12. The molecule has 2 aromatic rings. The first kappa shape index (κ1) is 15.2. The predicted octanol–water partition coefficient (Wildman–Crippen LogP) is 3.06.